The molecule has 7 aromatic rings. The van der Waals surface area contributed by atoms with Crippen LogP contribution in [0.4, 0.5) is 5.69 Å². The van der Waals surface area contributed by atoms with Crippen molar-refractivity contribution in [3.8, 4) is 11.8 Å². The van der Waals surface area contributed by atoms with Gasteiger partial charge in [-0.1, -0.05) is 182 Å². The summed E-state index contributed by atoms with van der Waals surface area (Å²) in [5.74, 6) is 7.12. The summed E-state index contributed by atoms with van der Waals surface area (Å²) in [5.41, 5.74) is 7.10. The summed E-state index contributed by atoms with van der Waals surface area (Å²) in [7, 11) is 0. The molecular weight excluding hydrogens is 687 g/mol. The van der Waals surface area contributed by atoms with E-state index in [1.165, 1.54) is 70.4 Å². The van der Waals surface area contributed by atoms with Crippen LogP contribution < -0.4 is 15.3 Å². The second-order valence-electron chi connectivity index (χ2n) is 14.5. The first-order valence-electron chi connectivity index (χ1n) is 20.0. The van der Waals surface area contributed by atoms with E-state index < -0.39 is 0 Å². The van der Waals surface area contributed by atoms with Gasteiger partial charge in [0.15, 0.2) is 0 Å². The molecular formula is C56H47N. The van der Waals surface area contributed by atoms with Gasteiger partial charge in [-0.25, -0.2) is 0 Å². The summed E-state index contributed by atoms with van der Waals surface area (Å²) in [6.07, 6.45) is 24.3. The van der Waals surface area contributed by atoms with Crippen LogP contribution in [0, 0.1) is 11.8 Å². The first-order valence-corrected chi connectivity index (χ1v) is 20.0. The molecule has 0 amide bonds. The predicted octanol–water partition coefficient (Wildman–Crippen LogP) is 13.2. The minimum atomic E-state index is 0.622. The number of anilines is 1. The van der Waals surface area contributed by atoms with Gasteiger partial charge in [0.1, 0.15) is 0 Å². The van der Waals surface area contributed by atoms with Gasteiger partial charge in [0.2, 0.25) is 0 Å². The number of rotatable bonds is 10. The average Bonchev–Trinajstić information content (AvgIpc) is 3.50. The van der Waals surface area contributed by atoms with E-state index in [4.69, 9.17) is 0 Å². The van der Waals surface area contributed by atoms with Crippen LogP contribution in [0.1, 0.15) is 39.2 Å². The van der Waals surface area contributed by atoms with Crippen molar-refractivity contribution >= 4 is 60.4 Å². The summed E-state index contributed by atoms with van der Waals surface area (Å²) >= 11 is 0. The molecule has 0 aromatic heterocycles. The number of benzene rings is 7. The molecule has 276 valence electrons. The quantitative estimate of drug-likeness (QED) is 0.0585. The normalized spacial score (nSPS) is 14.4. The molecule has 0 spiro atoms. The van der Waals surface area contributed by atoms with Crippen molar-refractivity contribution in [1.29, 1.82) is 0 Å². The largest absolute Gasteiger partial charge is 0.312 e. The molecule has 0 unspecified atom stereocenters. The fourth-order valence-electron chi connectivity index (χ4n) is 8.05. The third-order valence-electron chi connectivity index (χ3n) is 10.9. The Bertz CT molecular complexity index is 2970. The zero-order valence-corrected chi connectivity index (χ0v) is 33.0. The maximum Gasteiger partial charge on any atom is 0.0615 e. The predicted molar refractivity (Wildman–Crippen MR) is 248 cm³/mol. The minimum Gasteiger partial charge on any atom is -0.312 e. The molecule has 0 fully saturated rings. The highest BCUT2D eigenvalue weighted by Crippen LogP contribution is 2.40. The Hall–Kier alpha value is -6.88. The van der Waals surface area contributed by atoms with Crippen molar-refractivity contribution in [2.24, 2.45) is 0 Å². The summed E-state index contributed by atoms with van der Waals surface area (Å²) in [6, 6.07) is 48.3. The van der Waals surface area contributed by atoms with Gasteiger partial charge in [-0.05, 0) is 112 Å². The molecule has 0 N–H and O–H groups in total. The Kier molecular flexibility index (Phi) is 11.2. The van der Waals surface area contributed by atoms with Gasteiger partial charge in [-0.15, -0.1) is 0 Å². The number of nitrogens with zero attached hydrogens (tertiary/aromatic N) is 1. The lowest BCUT2D eigenvalue weighted by molar-refractivity contribution is 1.06. The maximum atomic E-state index is 3.58. The summed E-state index contributed by atoms with van der Waals surface area (Å²) < 4.78 is 0. The lowest BCUT2D eigenvalue weighted by atomic mass is 9.95. The highest BCUT2D eigenvalue weighted by atomic mass is 15.2. The van der Waals surface area contributed by atoms with E-state index in [9.17, 15) is 0 Å². The van der Waals surface area contributed by atoms with Crippen molar-refractivity contribution in [3.05, 3.63) is 221 Å². The van der Waals surface area contributed by atoms with Crippen molar-refractivity contribution in [2.75, 3.05) is 4.90 Å². The molecule has 57 heavy (non-hydrogen) atoms. The molecule has 0 saturated carbocycles. The van der Waals surface area contributed by atoms with Crippen LogP contribution in [-0.2, 0) is 6.42 Å². The lowest BCUT2D eigenvalue weighted by Crippen LogP contribution is -2.25. The fourth-order valence-corrected chi connectivity index (χ4v) is 8.05. The van der Waals surface area contributed by atoms with E-state index in [0.29, 0.717) is 6.42 Å². The average molecular weight is 734 g/mol. The van der Waals surface area contributed by atoms with E-state index in [1.807, 2.05) is 13.0 Å². The molecule has 1 aliphatic carbocycles. The number of hydrogen-bond acceptors (Lipinski definition) is 1. The van der Waals surface area contributed by atoms with Crippen LogP contribution in [-0.4, -0.2) is 0 Å². The third kappa shape index (κ3) is 7.95. The third-order valence-corrected chi connectivity index (χ3v) is 10.9. The Morgan fingerprint density at radius 1 is 0.632 bits per heavy atom. The van der Waals surface area contributed by atoms with Gasteiger partial charge >= 0.3 is 0 Å². The van der Waals surface area contributed by atoms with E-state index in [2.05, 4.69) is 219 Å². The SMILES string of the molecule is C\C=C/C=C\C(C)=c1/cccc/c1=C/CC1=CC=C(N(C(/C=C\Cc2cc3ccccc3c3ccccc23)=C/C)c2c3ccccc3cc3ccccc23)CC#C1. The van der Waals surface area contributed by atoms with E-state index in [1.54, 1.807) is 0 Å². The highest BCUT2D eigenvalue weighted by Gasteiger charge is 2.21. The molecule has 1 nitrogen and oxygen atoms in total. The van der Waals surface area contributed by atoms with Crippen LogP contribution >= 0.6 is 0 Å². The van der Waals surface area contributed by atoms with Gasteiger partial charge in [-0.3, -0.25) is 0 Å². The van der Waals surface area contributed by atoms with Crippen molar-refractivity contribution in [3.63, 3.8) is 0 Å². The Morgan fingerprint density at radius 2 is 1.26 bits per heavy atom. The van der Waals surface area contributed by atoms with Crippen molar-refractivity contribution in [1.82, 2.24) is 0 Å². The second-order valence-corrected chi connectivity index (χ2v) is 14.5. The van der Waals surface area contributed by atoms with Gasteiger partial charge in [0.25, 0.3) is 0 Å². The smallest absolute Gasteiger partial charge is 0.0615 e. The molecule has 0 atom stereocenters. The monoisotopic (exact) mass is 733 g/mol. The molecule has 0 bridgehead atoms. The highest BCUT2D eigenvalue weighted by molar-refractivity contribution is 6.13. The molecule has 1 aliphatic rings. The first-order chi connectivity index (χ1) is 28.1. The van der Waals surface area contributed by atoms with Crippen LogP contribution in [0.15, 0.2) is 205 Å². The first kappa shape index (κ1) is 37.1. The molecule has 7 aromatic carbocycles. The molecule has 1 heteroatoms. The minimum absolute atomic E-state index is 0.622. The van der Waals surface area contributed by atoms with Gasteiger partial charge in [0, 0.05) is 27.7 Å². The van der Waals surface area contributed by atoms with E-state index in [-0.39, 0.29) is 0 Å². The van der Waals surface area contributed by atoms with Crippen LogP contribution in [0.2, 0.25) is 0 Å². The Balaban J connectivity index is 1.22. The van der Waals surface area contributed by atoms with E-state index >= 15 is 0 Å². The standard InChI is InChI=1S/C56H47N/c1-4-6-7-20-41(3)50-29-12-8-22-43(50)37-35-42-21-18-28-49(38-36-42)57(56-53-32-14-10-24-46(53)40-47-25-11-15-33-54(47)56)48(5-2)27-19-26-45-39-44-23-9-13-30-51(44)55-34-17-16-31-52(45)55/h4-17,19-20,22-25,27,29-34,36-40H,26,28,35H2,1-3H3/b6-4-,20-7-,27-19-,43-37-,48-5+,50-41+. The summed E-state index contributed by atoms with van der Waals surface area (Å²) in [5, 5.41) is 12.5. The van der Waals surface area contributed by atoms with Gasteiger partial charge in [0.05, 0.1) is 12.1 Å². The van der Waals surface area contributed by atoms with Crippen LogP contribution in [0.25, 0.3) is 54.7 Å². The topological polar surface area (TPSA) is 3.24 Å². The lowest BCUT2D eigenvalue weighted by Gasteiger charge is -2.30. The second kappa shape index (κ2) is 17.3. The van der Waals surface area contributed by atoms with E-state index in [0.717, 1.165) is 29.8 Å². The zero-order valence-electron chi connectivity index (χ0n) is 33.0. The number of fused-ring (bicyclic) bond motifs is 5. The van der Waals surface area contributed by atoms with Gasteiger partial charge < -0.3 is 4.90 Å². The van der Waals surface area contributed by atoms with Crippen molar-refractivity contribution in [2.45, 2.75) is 40.0 Å². The fraction of sp³-hybridized carbons (Fsp3) is 0.107. The van der Waals surface area contributed by atoms with Gasteiger partial charge in [-0.2, -0.15) is 0 Å². The Labute approximate surface area is 337 Å². The molecule has 0 saturated heterocycles. The molecule has 0 heterocycles. The van der Waals surface area contributed by atoms with Crippen LogP contribution in [0.5, 0.6) is 0 Å². The Morgan fingerprint density at radius 3 is 1.98 bits per heavy atom. The molecule has 8 rings (SSSR count). The van der Waals surface area contributed by atoms with Crippen LogP contribution in [0.3, 0.4) is 0 Å². The maximum absolute atomic E-state index is 3.58. The summed E-state index contributed by atoms with van der Waals surface area (Å²) in [6.45, 7) is 6.36. The number of allylic oxidation sites excluding steroid dienone is 11. The molecule has 0 aliphatic heterocycles. The summed E-state index contributed by atoms with van der Waals surface area (Å²) in [4.78, 5) is 2.46. The number of hydrogen-bond donors (Lipinski definition) is 0. The molecule has 0 radical (unpaired) electrons. The zero-order chi connectivity index (χ0) is 39.0. The van der Waals surface area contributed by atoms with Crippen molar-refractivity contribution < 1.29 is 0 Å².